The lowest BCUT2D eigenvalue weighted by Crippen LogP contribution is -2.55. The molecule has 1 amide bonds. The number of para-hydroxylation sites is 1. The van der Waals surface area contributed by atoms with Gasteiger partial charge in [0, 0.05) is 18.1 Å². The first-order chi connectivity index (χ1) is 13.9. The molecule has 0 heterocycles. The van der Waals surface area contributed by atoms with Crippen LogP contribution >= 0.6 is 12.2 Å². The molecule has 7 nitrogen and oxygen atoms in total. The molecule has 2 aromatic rings. The third kappa shape index (κ3) is 4.54. The smallest absolute Gasteiger partial charge is 0.269 e. The number of thiocarbonyl (C=S) groups is 1. The van der Waals surface area contributed by atoms with Crippen molar-refractivity contribution >= 4 is 40.3 Å². The minimum Gasteiger partial charge on any atom is -0.374 e. The fraction of sp³-hybridized carbons (Fsp3) is 0.333. The van der Waals surface area contributed by atoms with Gasteiger partial charge < -0.3 is 5.73 Å². The van der Waals surface area contributed by atoms with Crippen molar-refractivity contribution < 1.29 is 9.72 Å². The minimum atomic E-state index is -0.471. The van der Waals surface area contributed by atoms with Crippen LogP contribution in [-0.4, -0.2) is 15.9 Å². The first kappa shape index (κ1) is 20.7. The van der Waals surface area contributed by atoms with E-state index in [0.717, 1.165) is 37.7 Å². The minimum absolute atomic E-state index is 0.00809. The topological polar surface area (TPSA) is 92.7 Å². The van der Waals surface area contributed by atoms with Crippen molar-refractivity contribution in [2.24, 2.45) is 11.7 Å². The van der Waals surface area contributed by atoms with Crippen LogP contribution in [0, 0.1) is 23.0 Å². The van der Waals surface area contributed by atoms with E-state index in [-0.39, 0.29) is 22.6 Å². The molecule has 0 spiro atoms. The number of hydrazine groups is 1. The van der Waals surface area contributed by atoms with Crippen molar-refractivity contribution in [3.63, 3.8) is 0 Å². The number of nitrogens with two attached hydrogens (primary N) is 1. The van der Waals surface area contributed by atoms with Gasteiger partial charge in [0.05, 0.1) is 16.3 Å². The molecule has 29 heavy (non-hydrogen) atoms. The van der Waals surface area contributed by atoms with Gasteiger partial charge in [0.1, 0.15) is 0 Å². The van der Waals surface area contributed by atoms with Crippen molar-refractivity contribution in [3.8, 4) is 0 Å². The van der Waals surface area contributed by atoms with Crippen LogP contribution in [0.1, 0.15) is 37.7 Å². The standard InChI is InChI=1S/C21H24N4O3S/c1-15-7-5-6-10-19(15)24(20(26)16-8-3-2-4-9-16)23(21(22)29)17-11-13-18(14-12-17)25(27)28/h5-7,10-14,16H,2-4,8-9H2,1H3,(H2,22,29). The van der Waals surface area contributed by atoms with E-state index in [9.17, 15) is 14.9 Å². The number of hydrogen-bond donors (Lipinski definition) is 1. The fourth-order valence-electron chi connectivity index (χ4n) is 3.71. The molecule has 0 bridgehead atoms. The highest BCUT2D eigenvalue weighted by atomic mass is 32.1. The lowest BCUT2D eigenvalue weighted by molar-refractivity contribution is -0.384. The summed E-state index contributed by atoms with van der Waals surface area (Å²) in [7, 11) is 0. The number of carbonyl (C=O) groups excluding carboxylic acids is 1. The Kier molecular flexibility index (Phi) is 6.43. The largest absolute Gasteiger partial charge is 0.374 e. The second kappa shape index (κ2) is 9.00. The van der Waals surface area contributed by atoms with Crippen molar-refractivity contribution in [1.82, 2.24) is 0 Å². The van der Waals surface area contributed by atoms with Gasteiger partial charge in [-0.05, 0) is 55.7 Å². The Hall–Kier alpha value is -3.00. The number of benzene rings is 2. The van der Waals surface area contributed by atoms with Gasteiger partial charge in [0.15, 0.2) is 5.11 Å². The van der Waals surface area contributed by atoms with E-state index in [4.69, 9.17) is 18.0 Å². The van der Waals surface area contributed by atoms with Gasteiger partial charge in [-0.15, -0.1) is 0 Å². The van der Waals surface area contributed by atoms with Gasteiger partial charge >= 0.3 is 0 Å². The first-order valence-electron chi connectivity index (χ1n) is 9.63. The highest BCUT2D eigenvalue weighted by molar-refractivity contribution is 7.80. The van der Waals surface area contributed by atoms with Crippen LogP contribution in [0.15, 0.2) is 48.5 Å². The molecule has 0 unspecified atom stereocenters. The molecule has 2 aromatic carbocycles. The van der Waals surface area contributed by atoms with E-state index >= 15 is 0 Å². The van der Waals surface area contributed by atoms with Crippen LogP contribution < -0.4 is 15.8 Å². The Morgan fingerprint density at radius 2 is 1.69 bits per heavy atom. The number of aryl methyl sites for hydroxylation is 1. The van der Waals surface area contributed by atoms with Gasteiger partial charge in [-0.1, -0.05) is 37.5 Å². The summed E-state index contributed by atoms with van der Waals surface area (Å²) >= 11 is 5.30. The van der Waals surface area contributed by atoms with Gasteiger partial charge in [0.2, 0.25) is 5.91 Å². The molecule has 1 fully saturated rings. The molecular weight excluding hydrogens is 388 g/mol. The van der Waals surface area contributed by atoms with Crippen LogP contribution in [0.2, 0.25) is 0 Å². The molecule has 0 radical (unpaired) electrons. The lowest BCUT2D eigenvalue weighted by atomic mass is 9.88. The maximum atomic E-state index is 13.6. The zero-order valence-corrected chi connectivity index (χ0v) is 17.1. The predicted molar refractivity (Wildman–Crippen MR) is 118 cm³/mol. The van der Waals surface area contributed by atoms with Gasteiger partial charge in [-0.3, -0.25) is 14.9 Å². The molecule has 0 saturated heterocycles. The van der Waals surface area contributed by atoms with E-state index < -0.39 is 4.92 Å². The quantitative estimate of drug-likeness (QED) is 0.452. The summed E-state index contributed by atoms with van der Waals surface area (Å²) in [6.07, 6.45) is 4.82. The van der Waals surface area contributed by atoms with Crippen LogP contribution in [-0.2, 0) is 4.79 Å². The molecular formula is C21H24N4O3S. The number of hydrogen-bond acceptors (Lipinski definition) is 4. The van der Waals surface area contributed by atoms with E-state index in [0.29, 0.717) is 11.4 Å². The molecule has 152 valence electrons. The zero-order chi connectivity index (χ0) is 21.0. The molecule has 0 atom stereocenters. The molecule has 1 saturated carbocycles. The molecule has 0 aliphatic heterocycles. The van der Waals surface area contributed by atoms with Crippen molar-refractivity contribution in [3.05, 3.63) is 64.2 Å². The Morgan fingerprint density at radius 1 is 1.07 bits per heavy atom. The summed E-state index contributed by atoms with van der Waals surface area (Å²) < 4.78 is 0. The third-order valence-corrected chi connectivity index (χ3v) is 5.39. The number of non-ortho nitro benzene ring substituents is 1. The molecule has 8 heteroatoms. The summed E-state index contributed by atoms with van der Waals surface area (Å²) in [6.45, 7) is 1.92. The highest BCUT2D eigenvalue weighted by Crippen LogP contribution is 2.32. The maximum Gasteiger partial charge on any atom is 0.269 e. The number of nitro benzene ring substituents is 1. The zero-order valence-electron chi connectivity index (χ0n) is 16.3. The normalized spacial score (nSPS) is 14.2. The molecule has 1 aliphatic carbocycles. The second-order valence-electron chi connectivity index (χ2n) is 7.20. The molecule has 1 aliphatic rings. The fourth-order valence-corrected chi connectivity index (χ4v) is 3.89. The number of carbonyl (C=O) groups is 1. The molecule has 3 rings (SSSR count). The summed E-state index contributed by atoms with van der Waals surface area (Å²) in [6, 6.07) is 13.4. The van der Waals surface area contributed by atoms with Crippen molar-refractivity contribution in [1.29, 1.82) is 0 Å². The van der Waals surface area contributed by atoms with Gasteiger partial charge in [-0.25, -0.2) is 10.0 Å². The summed E-state index contributed by atoms with van der Waals surface area (Å²) in [5, 5.41) is 14.0. The second-order valence-corrected chi connectivity index (χ2v) is 7.61. The summed E-state index contributed by atoms with van der Waals surface area (Å²) in [5.74, 6) is -0.177. The Balaban J connectivity index is 2.08. The van der Waals surface area contributed by atoms with Crippen LogP contribution in [0.5, 0.6) is 0 Å². The highest BCUT2D eigenvalue weighted by Gasteiger charge is 2.33. The third-order valence-electron chi connectivity index (χ3n) is 5.22. The monoisotopic (exact) mass is 412 g/mol. The maximum absolute atomic E-state index is 13.6. The number of nitro groups is 1. The van der Waals surface area contributed by atoms with E-state index in [1.54, 1.807) is 12.1 Å². The Labute approximate surface area is 175 Å². The summed E-state index contributed by atoms with van der Waals surface area (Å²) in [4.78, 5) is 24.1. The Morgan fingerprint density at radius 3 is 2.24 bits per heavy atom. The Bertz CT molecular complexity index is 910. The van der Waals surface area contributed by atoms with Gasteiger partial charge in [0.25, 0.3) is 5.69 Å². The molecule has 0 aromatic heterocycles. The van der Waals surface area contributed by atoms with E-state index in [1.807, 2.05) is 31.2 Å². The summed E-state index contributed by atoms with van der Waals surface area (Å²) in [5.41, 5.74) is 8.10. The van der Waals surface area contributed by atoms with E-state index in [1.165, 1.54) is 22.2 Å². The van der Waals surface area contributed by atoms with Crippen LogP contribution in [0.3, 0.4) is 0 Å². The predicted octanol–water partition coefficient (Wildman–Crippen LogP) is 4.48. The number of anilines is 2. The number of nitrogens with zero attached hydrogens (tertiary/aromatic N) is 3. The van der Waals surface area contributed by atoms with Crippen LogP contribution in [0.25, 0.3) is 0 Å². The van der Waals surface area contributed by atoms with Crippen molar-refractivity contribution in [2.75, 3.05) is 10.0 Å². The number of rotatable bonds is 4. The van der Waals surface area contributed by atoms with Gasteiger partial charge in [-0.2, -0.15) is 0 Å². The number of amides is 1. The van der Waals surface area contributed by atoms with E-state index in [2.05, 4.69) is 0 Å². The molecule has 2 N–H and O–H groups in total. The average molecular weight is 413 g/mol. The van der Waals surface area contributed by atoms with Crippen molar-refractivity contribution in [2.45, 2.75) is 39.0 Å². The lowest BCUT2D eigenvalue weighted by Gasteiger charge is -2.38. The van der Waals surface area contributed by atoms with Crippen LogP contribution in [0.4, 0.5) is 17.1 Å². The first-order valence-corrected chi connectivity index (χ1v) is 10.0. The average Bonchev–Trinajstić information content (AvgIpc) is 2.72. The SMILES string of the molecule is Cc1ccccc1N(C(=O)C1CCCCC1)N(C(N)=S)c1ccc([N+](=O)[O-])cc1.